The molecule has 4 amide bonds. The summed E-state index contributed by atoms with van der Waals surface area (Å²) in [5.41, 5.74) is 0.993. The van der Waals surface area contributed by atoms with Crippen LogP contribution in [0.2, 0.25) is 0 Å². The molecule has 0 spiro atoms. The van der Waals surface area contributed by atoms with E-state index < -0.39 is 87.3 Å². The molecule has 0 heterocycles. The number of fused-ring (bicyclic) bond motifs is 1. The Bertz CT molecular complexity index is 1380. The van der Waals surface area contributed by atoms with Gasteiger partial charge in [-0.3, -0.25) is 14.4 Å². The van der Waals surface area contributed by atoms with E-state index in [1.165, 1.54) is 0 Å². The number of aliphatic hydroxyl groups is 2. The summed E-state index contributed by atoms with van der Waals surface area (Å²) in [6.45, 7) is 13.9. The summed E-state index contributed by atoms with van der Waals surface area (Å²) in [6, 6.07) is 3.69. The average molecular weight is 697 g/mol. The van der Waals surface area contributed by atoms with E-state index in [2.05, 4.69) is 21.3 Å². The van der Waals surface area contributed by atoms with Crippen LogP contribution in [0.15, 0.2) is 24.3 Å². The Morgan fingerprint density at radius 1 is 0.938 bits per heavy atom. The molecular formula is C34H56N4O9S. The van der Waals surface area contributed by atoms with Crippen molar-refractivity contribution in [2.24, 2.45) is 17.8 Å². The lowest BCUT2D eigenvalue weighted by atomic mass is 9.92. The Morgan fingerprint density at radius 3 is 2.12 bits per heavy atom. The molecule has 0 aliphatic heterocycles. The standard InChI is InChI=1S/C34H56N4O9S/c1-19(2)16-25(26(39)17-21(5)30(41)37-29-23-13-11-10-12-22(23)18-27(29)40)36-31(42)24(14-15-48(9,45)46)35-32(43)28(20(3)4)38-33(44)47-34(6,7)8/h10-13,19-21,24-29,39-40H,14-18H2,1-9H3,(H,35,43)(H,36,42)(H,37,41)(H,38,44)/t21-,24+,25+,26+,27-,28+,29+/m1/s1. The highest BCUT2D eigenvalue weighted by Gasteiger charge is 2.35. The number of amides is 4. The molecule has 0 saturated carbocycles. The summed E-state index contributed by atoms with van der Waals surface area (Å²) in [7, 11) is -3.52. The molecule has 0 fully saturated rings. The number of rotatable bonds is 16. The van der Waals surface area contributed by atoms with Crippen LogP contribution >= 0.6 is 0 Å². The van der Waals surface area contributed by atoms with Crippen LogP contribution in [0.3, 0.4) is 0 Å². The highest BCUT2D eigenvalue weighted by Crippen LogP contribution is 2.31. The van der Waals surface area contributed by atoms with Gasteiger partial charge in [0.15, 0.2) is 0 Å². The molecule has 2 rings (SSSR count). The number of carbonyl (C=O) groups is 4. The fourth-order valence-corrected chi connectivity index (χ4v) is 6.28. The lowest BCUT2D eigenvalue weighted by Gasteiger charge is -2.31. The van der Waals surface area contributed by atoms with E-state index in [1.807, 2.05) is 38.1 Å². The van der Waals surface area contributed by atoms with Gasteiger partial charge in [-0.25, -0.2) is 13.2 Å². The Morgan fingerprint density at radius 2 is 1.56 bits per heavy atom. The maximum Gasteiger partial charge on any atom is 0.408 e. The lowest BCUT2D eigenvalue weighted by molar-refractivity contribution is -0.131. The van der Waals surface area contributed by atoms with Crippen LogP contribution in [0, 0.1) is 17.8 Å². The van der Waals surface area contributed by atoms with Gasteiger partial charge in [-0.1, -0.05) is 58.9 Å². The van der Waals surface area contributed by atoms with E-state index in [-0.39, 0.29) is 24.7 Å². The van der Waals surface area contributed by atoms with Crippen LogP contribution < -0.4 is 21.3 Å². The van der Waals surface area contributed by atoms with Gasteiger partial charge in [0.1, 0.15) is 27.5 Å². The van der Waals surface area contributed by atoms with Gasteiger partial charge in [-0.15, -0.1) is 0 Å². The number of alkyl carbamates (subject to hydrolysis) is 1. The fourth-order valence-electron chi connectivity index (χ4n) is 5.61. The minimum Gasteiger partial charge on any atom is -0.444 e. The summed E-state index contributed by atoms with van der Waals surface area (Å²) >= 11 is 0. The molecule has 1 aliphatic rings. The third-order valence-corrected chi connectivity index (χ3v) is 9.07. The smallest absolute Gasteiger partial charge is 0.408 e. The molecule has 14 heteroatoms. The van der Waals surface area contributed by atoms with E-state index in [4.69, 9.17) is 4.74 Å². The molecule has 13 nitrogen and oxygen atoms in total. The third kappa shape index (κ3) is 13.3. The van der Waals surface area contributed by atoms with Crippen LogP contribution in [-0.4, -0.2) is 90.4 Å². The van der Waals surface area contributed by atoms with Crippen LogP contribution in [0.5, 0.6) is 0 Å². The molecule has 6 N–H and O–H groups in total. The SMILES string of the molecule is CC(C)C[C@H](NC(=O)[C@H](CCS(C)(=O)=O)NC(=O)[C@@H](NC(=O)OC(C)(C)C)C(C)C)[C@@H](O)C[C@@H](C)C(=O)N[C@H]1c2ccccc2C[C@H]1O. The molecule has 0 radical (unpaired) electrons. The topological polar surface area (TPSA) is 200 Å². The van der Waals surface area contributed by atoms with Gasteiger partial charge in [0.25, 0.3) is 0 Å². The molecule has 1 aliphatic carbocycles. The summed E-state index contributed by atoms with van der Waals surface area (Å²) in [5, 5.41) is 32.6. The molecular weight excluding hydrogens is 640 g/mol. The summed E-state index contributed by atoms with van der Waals surface area (Å²) in [5.74, 6) is -3.24. The maximum absolute atomic E-state index is 13.6. The van der Waals surface area contributed by atoms with Crippen molar-refractivity contribution in [2.75, 3.05) is 12.0 Å². The van der Waals surface area contributed by atoms with E-state index in [0.717, 1.165) is 17.4 Å². The second-order valence-electron chi connectivity index (χ2n) is 14.8. The monoisotopic (exact) mass is 696 g/mol. The van der Waals surface area contributed by atoms with Crippen molar-refractivity contribution in [1.82, 2.24) is 21.3 Å². The lowest BCUT2D eigenvalue weighted by Crippen LogP contribution is -2.58. The molecule has 48 heavy (non-hydrogen) atoms. The van der Waals surface area contributed by atoms with Crippen molar-refractivity contribution in [3.63, 3.8) is 0 Å². The largest absolute Gasteiger partial charge is 0.444 e. The number of carbonyl (C=O) groups excluding carboxylic acids is 4. The van der Waals surface area contributed by atoms with Gasteiger partial charge in [0, 0.05) is 18.6 Å². The molecule has 0 unspecified atom stereocenters. The predicted molar refractivity (Wildman–Crippen MR) is 182 cm³/mol. The predicted octanol–water partition coefficient (Wildman–Crippen LogP) is 2.15. The number of sulfone groups is 1. The molecule has 272 valence electrons. The van der Waals surface area contributed by atoms with Crippen LogP contribution in [0.25, 0.3) is 0 Å². The van der Waals surface area contributed by atoms with Gasteiger partial charge in [0.2, 0.25) is 17.7 Å². The van der Waals surface area contributed by atoms with Crippen LogP contribution in [0.4, 0.5) is 4.79 Å². The van der Waals surface area contributed by atoms with Gasteiger partial charge in [-0.05, 0) is 63.0 Å². The van der Waals surface area contributed by atoms with Crippen LogP contribution in [0.1, 0.15) is 91.8 Å². The first-order chi connectivity index (χ1) is 22.1. The van der Waals surface area contributed by atoms with Gasteiger partial charge < -0.3 is 36.2 Å². The van der Waals surface area contributed by atoms with E-state index in [0.29, 0.717) is 12.8 Å². The van der Waals surface area contributed by atoms with Crippen molar-refractivity contribution in [1.29, 1.82) is 0 Å². The first kappa shape index (κ1) is 40.9. The summed E-state index contributed by atoms with van der Waals surface area (Å²) in [6.07, 6.45) is -1.24. The Balaban J connectivity index is 2.18. The first-order valence-electron chi connectivity index (χ1n) is 16.6. The normalized spacial score (nSPS) is 19.4. The number of hydrogen-bond acceptors (Lipinski definition) is 9. The zero-order valence-electron chi connectivity index (χ0n) is 29.7. The average Bonchev–Trinajstić information content (AvgIpc) is 3.25. The quantitative estimate of drug-likeness (QED) is 0.150. The molecule has 7 atom stereocenters. The van der Waals surface area contributed by atoms with E-state index in [1.54, 1.807) is 41.5 Å². The van der Waals surface area contributed by atoms with Crippen molar-refractivity contribution in [2.45, 2.75) is 123 Å². The molecule has 1 aromatic carbocycles. The van der Waals surface area contributed by atoms with Crippen LogP contribution in [-0.2, 0) is 35.4 Å². The van der Waals surface area contributed by atoms with E-state index in [9.17, 15) is 37.8 Å². The number of aliphatic hydroxyl groups excluding tert-OH is 2. The second kappa shape index (κ2) is 17.4. The zero-order chi connectivity index (χ0) is 36.6. The van der Waals surface area contributed by atoms with Crippen molar-refractivity contribution >= 4 is 33.7 Å². The minimum atomic E-state index is -3.52. The zero-order valence-corrected chi connectivity index (χ0v) is 30.5. The Labute approximate surface area is 285 Å². The second-order valence-corrected chi connectivity index (χ2v) is 17.0. The summed E-state index contributed by atoms with van der Waals surface area (Å²) in [4.78, 5) is 52.6. The molecule has 0 aromatic heterocycles. The number of ether oxygens (including phenoxy) is 1. The van der Waals surface area contributed by atoms with Gasteiger partial charge in [0.05, 0.1) is 30.0 Å². The Kier molecular flexibility index (Phi) is 14.9. The molecule has 0 saturated heterocycles. The van der Waals surface area contributed by atoms with Crippen molar-refractivity contribution in [3.8, 4) is 0 Å². The fraction of sp³-hybridized carbons (Fsp3) is 0.706. The van der Waals surface area contributed by atoms with Gasteiger partial charge >= 0.3 is 6.09 Å². The highest BCUT2D eigenvalue weighted by molar-refractivity contribution is 7.90. The first-order valence-corrected chi connectivity index (χ1v) is 18.7. The number of benzene rings is 1. The van der Waals surface area contributed by atoms with E-state index >= 15 is 0 Å². The van der Waals surface area contributed by atoms with Crippen molar-refractivity contribution in [3.05, 3.63) is 35.4 Å². The molecule has 0 bridgehead atoms. The van der Waals surface area contributed by atoms with Gasteiger partial charge in [-0.2, -0.15) is 0 Å². The minimum absolute atomic E-state index is 0.0104. The highest BCUT2D eigenvalue weighted by atomic mass is 32.2. The molecule has 1 aromatic rings. The Hall–Kier alpha value is -3.23. The maximum atomic E-state index is 13.6. The third-order valence-electron chi connectivity index (χ3n) is 8.09. The summed E-state index contributed by atoms with van der Waals surface area (Å²) < 4.78 is 29.3. The number of hydrogen-bond donors (Lipinski definition) is 6. The number of nitrogens with one attached hydrogen (secondary N) is 4. The van der Waals surface area contributed by atoms with Crippen molar-refractivity contribution < 1.29 is 42.5 Å².